The molecule has 1 rings (SSSR count). The minimum Gasteiger partial charge on any atom is -0.466 e. The van der Waals surface area contributed by atoms with Gasteiger partial charge in [-0.2, -0.15) is 0 Å². The molecule has 1 aliphatic heterocycles. The van der Waals surface area contributed by atoms with E-state index in [9.17, 15) is 14.4 Å². The van der Waals surface area contributed by atoms with E-state index in [1.54, 1.807) is 13.8 Å². The van der Waals surface area contributed by atoms with Gasteiger partial charge in [0.05, 0.1) is 18.6 Å². The van der Waals surface area contributed by atoms with Gasteiger partial charge < -0.3 is 10.1 Å². The second-order valence-electron chi connectivity index (χ2n) is 4.81. The van der Waals surface area contributed by atoms with Gasteiger partial charge in [0.2, 0.25) is 5.91 Å². The molecule has 0 radical (unpaired) electrons. The number of piperidine rings is 1. The number of carbonyl (C=O) groups is 3. The Kier molecular flexibility index (Phi) is 6.44. The Morgan fingerprint density at radius 3 is 2.40 bits per heavy atom. The van der Waals surface area contributed by atoms with Crippen LogP contribution in [-0.4, -0.2) is 55.6 Å². The van der Waals surface area contributed by atoms with Gasteiger partial charge in [-0.1, -0.05) is 0 Å². The minimum atomic E-state index is -0.511. The van der Waals surface area contributed by atoms with Crippen molar-refractivity contribution in [1.82, 2.24) is 15.5 Å². The zero-order valence-electron chi connectivity index (χ0n) is 12.3. The van der Waals surface area contributed by atoms with Crippen molar-refractivity contribution in [3.63, 3.8) is 0 Å². The Labute approximate surface area is 119 Å². The molecule has 2 N–H and O–H groups in total. The molecule has 114 valence electrons. The van der Waals surface area contributed by atoms with E-state index in [2.05, 4.69) is 10.6 Å². The van der Waals surface area contributed by atoms with Crippen LogP contribution in [0.4, 0.5) is 4.79 Å². The van der Waals surface area contributed by atoms with Crippen molar-refractivity contribution in [3.05, 3.63) is 0 Å². The maximum absolute atomic E-state index is 11.8. The van der Waals surface area contributed by atoms with E-state index in [4.69, 9.17) is 4.74 Å². The standard InChI is InChI=1S/C13H23N3O4/c1-4-20-12(18)10-5-7-16(8-6-10)9(2)11(17)15-13(19)14-3/h9-10H,4-8H2,1-3H3,(H2,14,15,17,19)/t9-/m1/s1. The maximum atomic E-state index is 11.8. The number of carbonyl (C=O) groups excluding carboxylic acids is 3. The van der Waals surface area contributed by atoms with Gasteiger partial charge >= 0.3 is 12.0 Å². The second-order valence-corrected chi connectivity index (χ2v) is 4.81. The van der Waals surface area contributed by atoms with Crippen LogP contribution in [0.5, 0.6) is 0 Å². The summed E-state index contributed by atoms with van der Waals surface area (Å²) in [5.41, 5.74) is 0. The number of ether oxygens (including phenoxy) is 1. The largest absolute Gasteiger partial charge is 0.466 e. The molecule has 7 heteroatoms. The Morgan fingerprint density at radius 1 is 1.30 bits per heavy atom. The zero-order valence-corrected chi connectivity index (χ0v) is 12.3. The molecule has 0 bridgehead atoms. The summed E-state index contributed by atoms with van der Waals surface area (Å²) in [6.07, 6.45) is 1.35. The molecule has 7 nitrogen and oxygen atoms in total. The minimum absolute atomic E-state index is 0.0830. The third-order valence-corrected chi connectivity index (χ3v) is 3.54. The van der Waals surface area contributed by atoms with Gasteiger partial charge in [0, 0.05) is 7.05 Å². The topological polar surface area (TPSA) is 87.7 Å². The van der Waals surface area contributed by atoms with Gasteiger partial charge in [-0.15, -0.1) is 0 Å². The van der Waals surface area contributed by atoms with Gasteiger partial charge in [0.1, 0.15) is 0 Å². The number of hydrogen-bond donors (Lipinski definition) is 2. The number of esters is 1. The van der Waals surface area contributed by atoms with Crippen LogP contribution in [0.3, 0.4) is 0 Å². The molecule has 1 fully saturated rings. The smallest absolute Gasteiger partial charge is 0.321 e. The molecule has 0 aromatic heterocycles. The lowest BCUT2D eigenvalue weighted by molar-refractivity contribution is -0.149. The number of nitrogens with zero attached hydrogens (tertiary/aromatic N) is 1. The highest BCUT2D eigenvalue weighted by molar-refractivity contribution is 5.96. The molecule has 0 aromatic rings. The first-order chi connectivity index (χ1) is 9.49. The van der Waals surface area contributed by atoms with E-state index < -0.39 is 12.1 Å². The van der Waals surface area contributed by atoms with Crippen LogP contribution in [0.2, 0.25) is 0 Å². The van der Waals surface area contributed by atoms with Crippen LogP contribution < -0.4 is 10.6 Å². The summed E-state index contributed by atoms with van der Waals surface area (Å²) in [6, 6.07) is -0.904. The molecule has 0 spiro atoms. The fourth-order valence-corrected chi connectivity index (χ4v) is 2.23. The predicted molar refractivity (Wildman–Crippen MR) is 73.0 cm³/mol. The first-order valence-electron chi connectivity index (χ1n) is 6.92. The molecule has 0 aromatic carbocycles. The Morgan fingerprint density at radius 2 is 1.90 bits per heavy atom. The van der Waals surface area contributed by atoms with E-state index in [1.807, 2.05) is 4.90 Å². The highest BCUT2D eigenvalue weighted by Gasteiger charge is 2.30. The summed E-state index contributed by atoms with van der Waals surface area (Å²) in [5, 5.41) is 4.60. The number of nitrogens with one attached hydrogen (secondary N) is 2. The van der Waals surface area contributed by atoms with Crippen LogP contribution in [0.1, 0.15) is 26.7 Å². The molecule has 1 atom stereocenters. The van der Waals surface area contributed by atoms with Crippen LogP contribution in [0.25, 0.3) is 0 Å². The normalized spacial score (nSPS) is 18.1. The molecular weight excluding hydrogens is 262 g/mol. The fraction of sp³-hybridized carbons (Fsp3) is 0.769. The molecule has 1 aliphatic rings. The number of hydrogen-bond acceptors (Lipinski definition) is 5. The van der Waals surface area contributed by atoms with Crippen LogP contribution in [0.15, 0.2) is 0 Å². The zero-order chi connectivity index (χ0) is 15.1. The van der Waals surface area contributed by atoms with E-state index in [-0.39, 0.29) is 17.8 Å². The van der Waals surface area contributed by atoms with E-state index in [1.165, 1.54) is 7.05 Å². The van der Waals surface area contributed by atoms with Crippen LogP contribution in [-0.2, 0) is 14.3 Å². The summed E-state index contributed by atoms with van der Waals surface area (Å²) in [4.78, 5) is 36.5. The quantitative estimate of drug-likeness (QED) is 0.716. The number of amides is 3. The Bertz CT molecular complexity index is 365. The lowest BCUT2D eigenvalue weighted by atomic mass is 9.96. The lowest BCUT2D eigenvalue weighted by Crippen LogP contribution is -2.51. The molecule has 20 heavy (non-hydrogen) atoms. The van der Waals surface area contributed by atoms with Crippen molar-refractivity contribution >= 4 is 17.9 Å². The summed E-state index contributed by atoms with van der Waals surface area (Å²) >= 11 is 0. The molecule has 1 saturated heterocycles. The summed E-state index contributed by atoms with van der Waals surface area (Å²) in [5.74, 6) is -0.575. The summed E-state index contributed by atoms with van der Waals surface area (Å²) in [7, 11) is 1.46. The lowest BCUT2D eigenvalue weighted by Gasteiger charge is -2.34. The number of urea groups is 1. The average Bonchev–Trinajstić information content (AvgIpc) is 2.46. The third-order valence-electron chi connectivity index (χ3n) is 3.54. The molecule has 0 unspecified atom stereocenters. The number of rotatable bonds is 4. The molecular formula is C13H23N3O4. The second kappa shape index (κ2) is 7.84. The van der Waals surface area contributed by atoms with Crippen LogP contribution in [0, 0.1) is 5.92 Å². The SMILES string of the molecule is CCOC(=O)C1CCN([C@H](C)C(=O)NC(=O)NC)CC1. The van der Waals surface area contributed by atoms with Crippen molar-refractivity contribution in [2.75, 3.05) is 26.7 Å². The van der Waals surface area contributed by atoms with E-state index in [0.717, 1.165) is 0 Å². The van der Waals surface area contributed by atoms with Gasteiger partial charge in [0.15, 0.2) is 0 Å². The summed E-state index contributed by atoms with van der Waals surface area (Å²) < 4.78 is 5.00. The van der Waals surface area contributed by atoms with Crippen molar-refractivity contribution in [1.29, 1.82) is 0 Å². The molecule has 1 heterocycles. The summed E-state index contributed by atoms with van der Waals surface area (Å²) in [6.45, 7) is 5.22. The highest BCUT2D eigenvalue weighted by Crippen LogP contribution is 2.20. The average molecular weight is 285 g/mol. The molecule has 0 saturated carbocycles. The van der Waals surface area contributed by atoms with E-state index in [0.29, 0.717) is 32.5 Å². The van der Waals surface area contributed by atoms with Crippen molar-refractivity contribution in [2.24, 2.45) is 5.92 Å². The Balaban J connectivity index is 2.42. The first kappa shape index (κ1) is 16.4. The van der Waals surface area contributed by atoms with Crippen LogP contribution >= 0.6 is 0 Å². The van der Waals surface area contributed by atoms with Gasteiger partial charge in [-0.25, -0.2) is 4.79 Å². The fourth-order valence-electron chi connectivity index (χ4n) is 2.23. The number of likely N-dealkylation sites (tertiary alicyclic amines) is 1. The van der Waals surface area contributed by atoms with Crippen molar-refractivity contribution in [3.8, 4) is 0 Å². The van der Waals surface area contributed by atoms with Crippen molar-refractivity contribution < 1.29 is 19.1 Å². The van der Waals surface area contributed by atoms with Gasteiger partial charge in [-0.3, -0.25) is 19.8 Å². The molecule has 0 aliphatic carbocycles. The van der Waals surface area contributed by atoms with Gasteiger partial charge in [-0.05, 0) is 39.8 Å². The Hall–Kier alpha value is -1.63. The number of imide groups is 1. The third kappa shape index (κ3) is 4.48. The molecule has 3 amide bonds. The highest BCUT2D eigenvalue weighted by atomic mass is 16.5. The monoisotopic (exact) mass is 285 g/mol. The van der Waals surface area contributed by atoms with Gasteiger partial charge in [0.25, 0.3) is 0 Å². The maximum Gasteiger partial charge on any atom is 0.321 e. The predicted octanol–water partition coefficient (Wildman–Crippen LogP) is 0.106. The van der Waals surface area contributed by atoms with E-state index >= 15 is 0 Å². The first-order valence-corrected chi connectivity index (χ1v) is 6.92. The van der Waals surface area contributed by atoms with Crippen molar-refractivity contribution in [2.45, 2.75) is 32.7 Å².